The van der Waals surface area contributed by atoms with Crippen LogP contribution in [0.5, 0.6) is 0 Å². The summed E-state index contributed by atoms with van der Waals surface area (Å²) < 4.78 is 24.4. The van der Waals surface area contributed by atoms with Crippen molar-refractivity contribution < 1.29 is 8.42 Å². The first-order valence-electron chi connectivity index (χ1n) is 6.53. The van der Waals surface area contributed by atoms with Crippen LogP contribution in [0.1, 0.15) is 11.1 Å². The Hall–Kier alpha value is -0.730. The first-order chi connectivity index (χ1) is 9.77. The molecule has 0 radical (unpaired) electrons. The lowest BCUT2D eigenvalue weighted by Gasteiger charge is -2.33. The molecule has 1 fully saturated rings. The molecule has 1 heterocycles. The molecule has 0 saturated carbocycles. The molecule has 1 aliphatic rings. The van der Waals surface area contributed by atoms with E-state index in [9.17, 15) is 8.42 Å². The molecule has 21 heavy (non-hydrogen) atoms. The van der Waals surface area contributed by atoms with Crippen LogP contribution in [0.4, 0.5) is 0 Å². The topological polar surface area (TPSA) is 66.6 Å². The summed E-state index contributed by atoms with van der Waals surface area (Å²) in [4.78, 5) is 2.51. The molecule has 2 rings (SSSR count). The highest BCUT2D eigenvalue weighted by Gasteiger charge is 2.23. The minimum Gasteiger partial charge on any atom is -0.389 e. The maximum Gasteiger partial charge on any atom is 0.211 e. The van der Waals surface area contributed by atoms with Gasteiger partial charge < -0.3 is 5.73 Å². The minimum atomic E-state index is -3.09. The molecule has 0 aliphatic carbocycles. The van der Waals surface area contributed by atoms with Gasteiger partial charge in [-0.15, -0.1) is 0 Å². The molecule has 0 bridgehead atoms. The van der Waals surface area contributed by atoms with Gasteiger partial charge in [-0.25, -0.2) is 8.42 Å². The number of sulfonamides is 1. The molecule has 1 aromatic carbocycles. The van der Waals surface area contributed by atoms with Crippen molar-refractivity contribution in [2.24, 2.45) is 5.73 Å². The van der Waals surface area contributed by atoms with E-state index < -0.39 is 10.0 Å². The van der Waals surface area contributed by atoms with Gasteiger partial charge in [0, 0.05) is 43.3 Å². The van der Waals surface area contributed by atoms with E-state index in [4.69, 9.17) is 29.6 Å². The molecular formula is C13H18ClN3O2S2. The van der Waals surface area contributed by atoms with E-state index in [1.54, 1.807) is 6.07 Å². The monoisotopic (exact) mass is 347 g/mol. The van der Waals surface area contributed by atoms with Gasteiger partial charge in [-0.05, 0) is 11.6 Å². The summed E-state index contributed by atoms with van der Waals surface area (Å²) >= 11 is 11.2. The molecule has 116 valence electrons. The lowest BCUT2D eigenvalue weighted by Crippen LogP contribution is -2.47. The fourth-order valence-electron chi connectivity index (χ4n) is 2.29. The number of nitrogens with zero attached hydrogens (tertiary/aromatic N) is 2. The second-order valence-corrected chi connectivity index (χ2v) is 7.94. The third-order valence-electron chi connectivity index (χ3n) is 3.53. The summed E-state index contributed by atoms with van der Waals surface area (Å²) in [6, 6.07) is 5.54. The van der Waals surface area contributed by atoms with Crippen molar-refractivity contribution >= 4 is 38.8 Å². The van der Waals surface area contributed by atoms with E-state index in [-0.39, 0.29) is 0 Å². The predicted octanol–water partition coefficient (Wildman–Crippen LogP) is 1.05. The molecule has 0 spiro atoms. The van der Waals surface area contributed by atoms with Crippen molar-refractivity contribution in [3.63, 3.8) is 0 Å². The maximum absolute atomic E-state index is 11.5. The lowest BCUT2D eigenvalue weighted by molar-refractivity contribution is 0.182. The van der Waals surface area contributed by atoms with Crippen LogP contribution in [0, 0.1) is 0 Å². The Morgan fingerprint density at radius 3 is 2.43 bits per heavy atom. The van der Waals surface area contributed by atoms with Crippen LogP contribution in [-0.4, -0.2) is 55.0 Å². The van der Waals surface area contributed by atoms with E-state index in [0.29, 0.717) is 42.7 Å². The largest absolute Gasteiger partial charge is 0.389 e. The number of nitrogens with two attached hydrogens (primary N) is 1. The molecule has 0 unspecified atom stereocenters. The molecule has 1 aromatic rings. The van der Waals surface area contributed by atoms with Gasteiger partial charge in [0.25, 0.3) is 0 Å². The molecule has 8 heteroatoms. The number of benzene rings is 1. The van der Waals surface area contributed by atoms with Crippen molar-refractivity contribution in [1.29, 1.82) is 0 Å². The molecular weight excluding hydrogens is 330 g/mol. The van der Waals surface area contributed by atoms with Gasteiger partial charge in [0.2, 0.25) is 10.0 Å². The van der Waals surface area contributed by atoms with Crippen LogP contribution in [0.3, 0.4) is 0 Å². The van der Waals surface area contributed by atoms with Gasteiger partial charge in [-0.1, -0.05) is 36.0 Å². The zero-order valence-corrected chi connectivity index (χ0v) is 14.1. The normalized spacial score (nSPS) is 17.8. The highest BCUT2D eigenvalue weighted by molar-refractivity contribution is 7.88. The van der Waals surface area contributed by atoms with Crippen molar-refractivity contribution in [3.8, 4) is 0 Å². The molecule has 0 atom stereocenters. The van der Waals surface area contributed by atoms with Crippen molar-refractivity contribution in [3.05, 3.63) is 34.3 Å². The third-order valence-corrected chi connectivity index (χ3v) is 5.42. The molecule has 2 N–H and O–H groups in total. The predicted molar refractivity (Wildman–Crippen MR) is 89.0 cm³/mol. The van der Waals surface area contributed by atoms with Crippen molar-refractivity contribution in [2.75, 3.05) is 32.4 Å². The van der Waals surface area contributed by atoms with E-state index >= 15 is 0 Å². The Labute approximate surface area is 135 Å². The van der Waals surface area contributed by atoms with Gasteiger partial charge in [-0.3, -0.25) is 4.90 Å². The van der Waals surface area contributed by atoms with Crippen LogP contribution < -0.4 is 5.73 Å². The van der Waals surface area contributed by atoms with Gasteiger partial charge in [0.15, 0.2) is 0 Å². The Bertz CT molecular complexity index is 641. The zero-order valence-electron chi connectivity index (χ0n) is 11.8. The van der Waals surface area contributed by atoms with Gasteiger partial charge in [0.1, 0.15) is 4.99 Å². The number of hydrogen-bond donors (Lipinski definition) is 1. The first-order valence-corrected chi connectivity index (χ1v) is 9.16. The van der Waals surface area contributed by atoms with Crippen LogP contribution in [0.15, 0.2) is 18.2 Å². The van der Waals surface area contributed by atoms with Crippen LogP contribution in [-0.2, 0) is 16.6 Å². The summed E-state index contributed by atoms with van der Waals surface area (Å²) in [5.41, 5.74) is 7.31. The SMILES string of the molecule is CS(=O)(=O)N1CCN(Cc2ccc(C(N)=S)cc2Cl)CC1. The number of rotatable bonds is 4. The van der Waals surface area contributed by atoms with Crippen LogP contribution in [0.25, 0.3) is 0 Å². The quantitative estimate of drug-likeness (QED) is 0.825. The van der Waals surface area contributed by atoms with Crippen molar-refractivity contribution in [1.82, 2.24) is 9.21 Å². The summed E-state index contributed by atoms with van der Waals surface area (Å²) in [5.74, 6) is 0. The number of halogens is 1. The van der Waals surface area contributed by atoms with Crippen LogP contribution >= 0.6 is 23.8 Å². The average molecular weight is 348 g/mol. The number of thiocarbonyl (C=S) groups is 1. The van der Waals surface area contributed by atoms with Gasteiger partial charge in [-0.2, -0.15) is 4.31 Å². The molecule has 0 amide bonds. The number of hydrogen-bond acceptors (Lipinski definition) is 4. The average Bonchev–Trinajstić information content (AvgIpc) is 2.40. The second kappa shape index (κ2) is 6.58. The van der Waals surface area contributed by atoms with Crippen LogP contribution in [0.2, 0.25) is 5.02 Å². The Morgan fingerprint density at radius 2 is 1.95 bits per heavy atom. The Kier molecular flexibility index (Phi) is 5.21. The first kappa shape index (κ1) is 16.6. The molecule has 0 aromatic heterocycles. The minimum absolute atomic E-state index is 0.324. The fourth-order valence-corrected chi connectivity index (χ4v) is 3.48. The standard InChI is InChI=1S/C13H18ClN3O2S2/c1-21(18,19)17-6-4-16(5-7-17)9-11-3-2-10(13(15)20)8-12(11)14/h2-3,8H,4-7,9H2,1H3,(H2,15,20). The third kappa shape index (κ3) is 4.37. The molecule has 1 aliphatic heterocycles. The van der Waals surface area contributed by atoms with Gasteiger partial charge >= 0.3 is 0 Å². The fraction of sp³-hybridized carbons (Fsp3) is 0.462. The molecule has 5 nitrogen and oxygen atoms in total. The van der Waals surface area contributed by atoms with E-state index in [1.165, 1.54) is 10.6 Å². The number of piperazine rings is 1. The summed E-state index contributed by atoms with van der Waals surface area (Å²) in [5, 5.41) is 0.630. The van der Waals surface area contributed by atoms with Crippen molar-refractivity contribution in [2.45, 2.75) is 6.54 Å². The lowest BCUT2D eigenvalue weighted by atomic mass is 10.1. The summed E-state index contributed by atoms with van der Waals surface area (Å²) in [6.45, 7) is 3.11. The van der Waals surface area contributed by atoms with E-state index in [2.05, 4.69) is 4.90 Å². The Morgan fingerprint density at radius 1 is 1.33 bits per heavy atom. The smallest absolute Gasteiger partial charge is 0.211 e. The Balaban J connectivity index is 1.99. The van der Waals surface area contributed by atoms with Gasteiger partial charge in [0.05, 0.1) is 6.26 Å². The summed E-state index contributed by atoms with van der Waals surface area (Å²) in [7, 11) is -3.09. The van der Waals surface area contributed by atoms with E-state index in [0.717, 1.165) is 11.1 Å². The molecule has 1 saturated heterocycles. The maximum atomic E-state index is 11.5. The second-order valence-electron chi connectivity index (χ2n) is 5.11. The highest BCUT2D eigenvalue weighted by Crippen LogP contribution is 2.20. The summed E-state index contributed by atoms with van der Waals surface area (Å²) in [6.07, 6.45) is 1.24. The van der Waals surface area contributed by atoms with E-state index in [1.807, 2.05) is 12.1 Å². The zero-order chi connectivity index (χ0) is 15.6. The highest BCUT2D eigenvalue weighted by atomic mass is 35.5.